The molecule has 1 heterocycles. The quantitative estimate of drug-likeness (QED) is 0.382. The van der Waals surface area contributed by atoms with Gasteiger partial charge in [-0.2, -0.15) is 4.72 Å². The summed E-state index contributed by atoms with van der Waals surface area (Å²) in [6, 6.07) is 3.42. The maximum absolute atomic E-state index is 12.2. The van der Waals surface area contributed by atoms with E-state index in [1.165, 1.54) is 19.2 Å². The van der Waals surface area contributed by atoms with Crippen molar-refractivity contribution < 1.29 is 27.6 Å². The van der Waals surface area contributed by atoms with Crippen molar-refractivity contribution in [3.05, 3.63) is 28.3 Å². The summed E-state index contributed by atoms with van der Waals surface area (Å²) >= 11 is 0. The molecular weight excluding hydrogens is 354 g/mol. The van der Waals surface area contributed by atoms with Gasteiger partial charge in [0.1, 0.15) is 12.2 Å². The lowest BCUT2D eigenvalue weighted by molar-refractivity contribution is -0.384. The molecule has 10 nitrogen and oxygen atoms in total. The van der Waals surface area contributed by atoms with Gasteiger partial charge in [0.05, 0.1) is 23.0 Å². The van der Waals surface area contributed by atoms with Crippen molar-refractivity contribution in [3.8, 4) is 0 Å². The van der Waals surface area contributed by atoms with Gasteiger partial charge in [-0.3, -0.25) is 14.9 Å². The lowest BCUT2D eigenvalue weighted by Crippen LogP contribution is -2.31. The molecule has 1 aliphatic rings. The van der Waals surface area contributed by atoms with Gasteiger partial charge >= 0.3 is 5.97 Å². The Bertz CT molecular complexity index is 745. The van der Waals surface area contributed by atoms with Crippen LogP contribution in [0.2, 0.25) is 0 Å². The molecule has 0 aliphatic carbocycles. The molecule has 2 rings (SSSR count). The predicted octanol–water partition coefficient (Wildman–Crippen LogP) is 0.495. The summed E-state index contributed by atoms with van der Waals surface area (Å²) in [7, 11) is -2.60. The summed E-state index contributed by atoms with van der Waals surface area (Å²) in [4.78, 5) is 21.6. The largest absolute Gasteiger partial charge is 0.464 e. The summed E-state index contributed by atoms with van der Waals surface area (Å²) in [5, 5.41) is 13.6. The third-order valence-corrected chi connectivity index (χ3v) is 5.05. The molecule has 2 N–H and O–H groups in total. The number of esters is 1. The molecule has 0 saturated carbocycles. The van der Waals surface area contributed by atoms with Gasteiger partial charge in [-0.1, -0.05) is 0 Å². The van der Waals surface area contributed by atoms with Crippen molar-refractivity contribution in [2.75, 3.05) is 38.7 Å². The monoisotopic (exact) mass is 373 g/mol. The highest BCUT2D eigenvalue weighted by Gasteiger charge is 2.22. The van der Waals surface area contributed by atoms with Gasteiger partial charge in [-0.25, -0.2) is 8.42 Å². The number of carbonyl (C=O) groups is 1. The van der Waals surface area contributed by atoms with Crippen LogP contribution in [0.4, 0.5) is 11.4 Å². The Kier molecular flexibility index (Phi) is 6.28. The Balaban J connectivity index is 1.97. The van der Waals surface area contributed by atoms with Crippen molar-refractivity contribution in [1.29, 1.82) is 0 Å². The van der Waals surface area contributed by atoms with Crippen LogP contribution in [0.15, 0.2) is 23.1 Å². The van der Waals surface area contributed by atoms with Crippen molar-refractivity contribution in [3.63, 3.8) is 0 Å². The third kappa shape index (κ3) is 5.11. The zero-order chi connectivity index (χ0) is 18.4. The maximum Gasteiger partial charge on any atom is 0.321 e. The number of nitro groups is 1. The molecule has 11 heteroatoms. The molecule has 1 aromatic rings. The van der Waals surface area contributed by atoms with Gasteiger partial charge in [0.25, 0.3) is 5.69 Å². The normalized spacial score (nSPS) is 17.2. The molecule has 0 aromatic heterocycles. The molecule has 1 atom stereocenters. The third-order valence-electron chi connectivity index (χ3n) is 3.66. The fourth-order valence-corrected chi connectivity index (χ4v) is 3.24. The average Bonchev–Trinajstić information content (AvgIpc) is 3.11. The molecule has 1 saturated heterocycles. The molecule has 1 fully saturated rings. The number of carbonyl (C=O) groups excluding carboxylic acids is 1. The zero-order valence-corrected chi connectivity index (χ0v) is 14.4. The van der Waals surface area contributed by atoms with E-state index in [9.17, 15) is 23.3 Å². The van der Waals surface area contributed by atoms with E-state index in [1.54, 1.807) is 0 Å². The Morgan fingerprint density at radius 2 is 2.24 bits per heavy atom. The van der Waals surface area contributed by atoms with E-state index >= 15 is 0 Å². The summed E-state index contributed by atoms with van der Waals surface area (Å²) in [6.45, 7) is 0.747. The second kappa shape index (κ2) is 8.23. The predicted molar refractivity (Wildman–Crippen MR) is 87.7 cm³/mol. The van der Waals surface area contributed by atoms with Crippen LogP contribution in [-0.2, 0) is 24.3 Å². The average molecular weight is 373 g/mol. The van der Waals surface area contributed by atoms with Gasteiger partial charge in [0, 0.05) is 25.6 Å². The second-order valence-corrected chi connectivity index (χ2v) is 7.19. The number of hydrogen-bond acceptors (Lipinski definition) is 8. The van der Waals surface area contributed by atoms with Gasteiger partial charge in [-0.05, 0) is 18.6 Å². The van der Waals surface area contributed by atoms with Crippen LogP contribution >= 0.6 is 0 Å². The van der Waals surface area contributed by atoms with Crippen LogP contribution in [0, 0.1) is 16.0 Å². The van der Waals surface area contributed by atoms with E-state index in [2.05, 4.69) is 10.0 Å². The van der Waals surface area contributed by atoms with Crippen LogP contribution < -0.4 is 10.0 Å². The first-order valence-electron chi connectivity index (χ1n) is 7.52. The highest BCUT2D eigenvalue weighted by atomic mass is 32.2. The molecule has 0 bridgehead atoms. The molecule has 0 spiro atoms. The number of nitrogens with one attached hydrogen (secondary N) is 2. The SMILES string of the molecule is CNc1ccc(S(=O)(=O)NCC(=O)OCC2CCOC2)cc1[N+](=O)[O-]. The fourth-order valence-electron chi connectivity index (χ4n) is 2.25. The number of sulfonamides is 1. The lowest BCUT2D eigenvalue weighted by atomic mass is 10.1. The van der Waals surface area contributed by atoms with E-state index < -0.39 is 27.5 Å². The smallest absolute Gasteiger partial charge is 0.321 e. The van der Waals surface area contributed by atoms with Crippen molar-refractivity contribution in [1.82, 2.24) is 4.72 Å². The van der Waals surface area contributed by atoms with Crippen LogP contribution in [-0.4, -0.2) is 52.7 Å². The zero-order valence-electron chi connectivity index (χ0n) is 13.6. The molecule has 1 aliphatic heterocycles. The first-order chi connectivity index (χ1) is 11.8. The standard InChI is InChI=1S/C14H19N3O7S/c1-15-12-3-2-11(6-13(12)17(19)20)25(21,22)16-7-14(18)24-9-10-4-5-23-8-10/h2-3,6,10,15-16H,4-5,7-9H2,1H3. The topological polar surface area (TPSA) is 137 Å². The molecule has 1 aromatic carbocycles. The highest BCUT2D eigenvalue weighted by molar-refractivity contribution is 7.89. The lowest BCUT2D eigenvalue weighted by Gasteiger charge is -2.10. The fraction of sp³-hybridized carbons (Fsp3) is 0.500. The van der Waals surface area contributed by atoms with E-state index in [1.807, 2.05) is 0 Å². The Hall–Kier alpha value is -2.24. The Labute approximate surface area is 144 Å². The maximum atomic E-state index is 12.2. The second-order valence-electron chi connectivity index (χ2n) is 5.42. The minimum atomic E-state index is -4.08. The molecule has 1 unspecified atom stereocenters. The Morgan fingerprint density at radius 1 is 1.48 bits per heavy atom. The first kappa shape index (κ1) is 19.1. The number of hydrogen-bond donors (Lipinski definition) is 2. The molecule has 138 valence electrons. The van der Waals surface area contributed by atoms with Gasteiger partial charge in [0.2, 0.25) is 10.0 Å². The number of anilines is 1. The number of nitro benzene ring substituents is 1. The summed E-state index contributed by atoms with van der Waals surface area (Å²) in [6.07, 6.45) is 0.792. The summed E-state index contributed by atoms with van der Waals surface area (Å²) in [5.74, 6) is -0.603. The minimum Gasteiger partial charge on any atom is -0.464 e. The first-order valence-corrected chi connectivity index (χ1v) is 9.01. The number of benzene rings is 1. The Morgan fingerprint density at radius 3 is 2.84 bits per heavy atom. The van der Waals surface area contributed by atoms with Crippen molar-refractivity contribution in [2.24, 2.45) is 5.92 Å². The van der Waals surface area contributed by atoms with Crippen molar-refractivity contribution in [2.45, 2.75) is 11.3 Å². The number of nitrogens with zero attached hydrogens (tertiary/aromatic N) is 1. The van der Waals surface area contributed by atoms with E-state index in [4.69, 9.17) is 9.47 Å². The number of rotatable bonds is 8. The van der Waals surface area contributed by atoms with Gasteiger partial charge < -0.3 is 14.8 Å². The van der Waals surface area contributed by atoms with Crippen LogP contribution in [0.5, 0.6) is 0 Å². The van der Waals surface area contributed by atoms with Crippen LogP contribution in [0.3, 0.4) is 0 Å². The highest BCUT2D eigenvalue weighted by Crippen LogP contribution is 2.26. The van der Waals surface area contributed by atoms with Crippen molar-refractivity contribution >= 4 is 27.4 Å². The van der Waals surface area contributed by atoms with Gasteiger partial charge in [-0.15, -0.1) is 0 Å². The van der Waals surface area contributed by atoms with Gasteiger partial charge in [0.15, 0.2) is 0 Å². The minimum absolute atomic E-state index is 0.122. The molecular formula is C14H19N3O7S. The summed E-state index contributed by atoms with van der Waals surface area (Å²) < 4.78 is 36.6. The molecule has 0 amide bonds. The van der Waals surface area contributed by atoms with E-state index in [0.717, 1.165) is 12.5 Å². The van der Waals surface area contributed by atoms with E-state index in [0.29, 0.717) is 13.2 Å². The van der Waals surface area contributed by atoms with E-state index in [-0.39, 0.29) is 28.8 Å². The van der Waals surface area contributed by atoms with Crippen LogP contribution in [0.1, 0.15) is 6.42 Å². The number of ether oxygens (including phenoxy) is 2. The molecule has 0 radical (unpaired) electrons. The summed E-state index contributed by atoms with van der Waals surface area (Å²) in [5.41, 5.74) is -0.198. The van der Waals surface area contributed by atoms with Crippen LogP contribution in [0.25, 0.3) is 0 Å². The molecule has 25 heavy (non-hydrogen) atoms.